The molecule has 104 valence electrons. The maximum absolute atomic E-state index is 7.71. The Morgan fingerprint density at radius 1 is 1.26 bits per heavy atom. The third-order valence-corrected chi connectivity index (χ3v) is 3.99. The van der Waals surface area contributed by atoms with Crippen LogP contribution in [0.15, 0.2) is 0 Å². The van der Waals surface area contributed by atoms with Crippen molar-refractivity contribution in [3.8, 4) is 5.88 Å². The minimum absolute atomic E-state index is 0.00559. The normalized spacial score (nSPS) is 23.1. The Kier molecular flexibility index (Phi) is 4.02. The summed E-state index contributed by atoms with van der Waals surface area (Å²) < 4.78 is 6.00. The van der Waals surface area contributed by atoms with Gasteiger partial charge in [0.2, 0.25) is 5.88 Å². The summed E-state index contributed by atoms with van der Waals surface area (Å²) in [7, 11) is 0. The van der Waals surface area contributed by atoms with Crippen molar-refractivity contribution >= 4 is 5.84 Å². The third-order valence-electron chi connectivity index (χ3n) is 3.99. The summed E-state index contributed by atoms with van der Waals surface area (Å²) in [6.45, 7) is 5.96. The number of aryl methyl sites for hydroxylation is 1. The number of amidine groups is 1. The lowest BCUT2D eigenvalue weighted by atomic mass is 9.88. The summed E-state index contributed by atoms with van der Waals surface area (Å²) in [6.07, 6.45) is 4.82. The van der Waals surface area contributed by atoms with E-state index in [1.54, 1.807) is 0 Å². The van der Waals surface area contributed by atoms with Gasteiger partial charge in [0.15, 0.2) is 0 Å². The van der Waals surface area contributed by atoms with Crippen molar-refractivity contribution < 1.29 is 4.74 Å². The Morgan fingerprint density at radius 3 is 2.58 bits per heavy atom. The SMILES string of the molecule is Cc1nnc(OC2CCCCC2C)c(C(=N)N)c1C. The zero-order valence-corrected chi connectivity index (χ0v) is 11.9. The molecule has 1 aromatic rings. The molecule has 0 amide bonds. The summed E-state index contributed by atoms with van der Waals surface area (Å²) in [5.41, 5.74) is 7.91. The van der Waals surface area contributed by atoms with E-state index in [4.69, 9.17) is 15.9 Å². The second-order valence-electron chi connectivity index (χ2n) is 5.42. The van der Waals surface area contributed by atoms with Gasteiger partial charge in [0.25, 0.3) is 0 Å². The van der Waals surface area contributed by atoms with Crippen LogP contribution in [0.25, 0.3) is 0 Å². The maximum Gasteiger partial charge on any atom is 0.245 e. The summed E-state index contributed by atoms with van der Waals surface area (Å²) >= 11 is 0. The Hall–Kier alpha value is -1.65. The van der Waals surface area contributed by atoms with Crippen molar-refractivity contribution in [1.82, 2.24) is 10.2 Å². The zero-order chi connectivity index (χ0) is 14.0. The van der Waals surface area contributed by atoms with E-state index in [1.807, 2.05) is 13.8 Å². The third kappa shape index (κ3) is 2.85. The number of hydrogen-bond acceptors (Lipinski definition) is 4. The Labute approximate surface area is 114 Å². The molecule has 0 radical (unpaired) electrons. The van der Waals surface area contributed by atoms with Crippen LogP contribution in [-0.2, 0) is 0 Å². The summed E-state index contributed by atoms with van der Waals surface area (Å²) in [5.74, 6) is 0.917. The second kappa shape index (κ2) is 5.55. The number of ether oxygens (including phenoxy) is 1. The van der Waals surface area contributed by atoms with Crippen LogP contribution in [0.3, 0.4) is 0 Å². The highest BCUT2D eigenvalue weighted by Gasteiger charge is 2.25. The van der Waals surface area contributed by atoms with Crippen molar-refractivity contribution in [2.75, 3.05) is 0 Å². The quantitative estimate of drug-likeness (QED) is 0.646. The molecule has 1 fully saturated rings. The summed E-state index contributed by atoms with van der Waals surface area (Å²) in [4.78, 5) is 0. The van der Waals surface area contributed by atoms with Crippen LogP contribution in [0.4, 0.5) is 0 Å². The van der Waals surface area contributed by atoms with Crippen molar-refractivity contribution in [2.45, 2.75) is 52.6 Å². The van der Waals surface area contributed by atoms with Gasteiger partial charge in [-0.1, -0.05) is 13.3 Å². The van der Waals surface area contributed by atoms with Crippen LogP contribution in [0, 0.1) is 25.2 Å². The number of nitrogen functional groups attached to an aromatic ring is 1. The molecular weight excluding hydrogens is 240 g/mol. The summed E-state index contributed by atoms with van der Waals surface area (Å²) in [5, 5.41) is 15.9. The summed E-state index contributed by atoms with van der Waals surface area (Å²) in [6, 6.07) is 0. The van der Waals surface area contributed by atoms with E-state index in [0.29, 0.717) is 17.4 Å². The fourth-order valence-electron chi connectivity index (χ4n) is 2.59. The van der Waals surface area contributed by atoms with Crippen LogP contribution < -0.4 is 10.5 Å². The van der Waals surface area contributed by atoms with Gasteiger partial charge in [0.1, 0.15) is 11.9 Å². The lowest BCUT2D eigenvalue weighted by Crippen LogP contribution is -2.30. The maximum atomic E-state index is 7.71. The predicted octanol–water partition coefficient (Wildman–Crippen LogP) is 2.34. The van der Waals surface area contributed by atoms with Crippen LogP contribution in [-0.4, -0.2) is 22.1 Å². The molecule has 5 nitrogen and oxygen atoms in total. The molecule has 0 aliphatic heterocycles. The van der Waals surface area contributed by atoms with Gasteiger partial charge in [-0.2, -0.15) is 5.10 Å². The van der Waals surface area contributed by atoms with Gasteiger partial charge in [0.05, 0.1) is 11.3 Å². The van der Waals surface area contributed by atoms with Crippen molar-refractivity contribution in [2.24, 2.45) is 11.7 Å². The van der Waals surface area contributed by atoms with E-state index in [1.165, 1.54) is 19.3 Å². The van der Waals surface area contributed by atoms with Gasteiger partial charge >= 0.3 is 0 Å². The number of rotatable bonds is 3. The molecule has 2 atom stereocenters. The molecule has 19 heavy (non-hydrogen) atoms. The van der Waals surface area contributed by atoms with Crippen molar-refractivity contribution in [3.63, 3.8) is 0 Å². The number of hydrogen-bond donors (Lipinski definition) is 2. The predicted molar refractivity (Wildman–Crippen MR) is 74.6 cm³/mol. The smallest absolute Gasteiger partial charge is 0.245 e. The molecule has 1 saturated carbocycles. The number of nitrogens with zero attached hydrogens (tertiary/aromatic N) is 2. The van der Waals surface area contributed by atoms with E-state index in [2.05, 4.69) is 17.1 Å². The monoisotopic (exact) mass is 262 g/mol. The molecular formula is C14H22N4O. The lowest BCUT2D eigenvalue weighted by molar-refractivity contribution is 0.0961. The standard InChI is InChI=1S/C14H22N4O/c1-8-6-4-5-7-11(8)19-14-12(13(15)16)9(2)10(3)17-18-14/h8,11H,4-7H2,1-3H3,(H3,15,16). The molecule has 0 bridgehead atoms. The average Bonchev–Trinajstić information content (AvgIpc) is 2.36. The molecule has 5 heteroatoms. The second-order valence-corrected chi connectivity index (χ2v) is 5.42. The van der Waals surface area contributed by atoms with E-state index in [0.717, 1.165) is 17.7 Å². The molecule has 0 saturated heterocycles. The highest BCUT2D eigenvalue weighted by Crippen LogP contribution is 2.29. The molecule has 1 heterocycles. The molecule has 1 aliphatic carbocycles. The van der Waals surface area contributed by atoms with Crippen LogP contribution in [0.2, 0.25) is 0 Å². The topological polar surface area (TPSA) is 84.9 Å². The van der Waals surface area contributed by atoms with Gasteiger partial charge in [-0.05, 0) is 44.6 Å². The van der Waals surface area contributed by atoms with Crippen LogP contribution in [0.1, 0.15) is 49.4 Å². The van der Waals surface area contributed by atoms with Gasteiger partial charge in [-0.3, -0.25) is 5.41 Å². The molecule has 0 aromatic carbocycles. The van der Waals surface area contributed by atoms with E-state index in [-0.39, 0.29) is 11.9 Å². The Morgan fingerprint density at radius 2 is 1.95 bits per heavy atom. The van der Waals surface area contributed by atoms with Crippen LogP contribution in [0.5, 0.6) is 5.88 Å². The van der Waals surface area contributed by atoms with Gasteiger partial charge < -0.3 is 10.5 Å². The highest BCUT2D eigenvalue weighted by molar-refractivity contribution is 5.98. The first-order valence-corrected chi connectivity index (χ1v) is 6.85. The van der Waals surface area contributed by atoms with E-state index < -0.39 is 0 Å². The minimum Gasteiger partial charge on any atom is -0.472 e. The minimum atomic E-state index is -0.00559. The number of aromatic nitrogens is 2. The highest BCUT2D eigenvalue weighted by atomic mass is 16.5. The lowest BCUT2D eigenvalue weighted by Gasteiger charge is -2.29. The number of nitrogens with two attached hydrogens (primary N) is 1. The fourth-order valence-corrected chi connectivity index (χ4v) is 2.59. The first kappa shape index (κ1) is 13.8. The van der Waals surface area contributed by atoms with Crippen molar-refractivity contribution in [3.05, 3.63) is 16.8 Å². The van der Waals surface area contributed by atoms with Gasteiger partial charge in [0, 0.05) is 0 Å². The Balaban J connectivity index is 2.29. The van der Waals surface area contributed by atoms with Crippen molar-refractivity contribution in [1.29, 1.82) is 5.41 Å². The van der Waals surface area contributed by atoms with E-state index in [9.17, 15) is 0 Å². The van der Waals surface area contributed by atoms with E-state index >= 15 is 0 Å². The molecule has 2 unspecified atom stereocenters. The fraction of sp³-hybridized carbons (Fsp3) is 0.643. The van der Waals surface area contributed by atoms with Crippen LogP contribution >= 0.6 is 0 Å². The van der Waals surface area contributed by atoms with Gasteiger partial charge in [-0.25, -0.2) is 0 Å². The molecule has 3 N–H and O–H groups in total. The van der Waals surface area contributed by atoms with Gasteiger partial charge in [-0.15, -0.1) is 5.10 Å². The molecule has 1 aliphatic rings. The number of nitrogens with one attached hydrogen (secondary N) is 1. The molecule has 0 spiro atoms. The largest absolute Gasteiger partial charge is 0.472 e. The zero-order valence-electron chi connectivity index (χ0n) is 11.9. The Bertz CT molecular complexity index is 487. The average molecular weight is 262 g/mol. The first-order chi connectivity index (χ1) is 9.00. The first-order valence-electron chi connectivity index (χ1n) is 6.85. The molecule has 2 rings (SSSR count). The molecule has 1 aromatic heterocycles.